The first-order valence-electron chi connectivity index (χ1n) is 7.05. The lowest BCUT2D eigenvalue weighted by Gasteiger charge is -2.15. The van der Waals surface area contributed by atoms with Gasteiger partial charge in [0.2, 0.25) is 0 Å². The Morgan fingerprint density at radius 2 is 1.95 bits per heavy atom. The summed E-state index contributed by atoms with van der Waals surface area (Å²) in [6.45, 7) is 1.84. The van der Waals surface area contributed by atoms with E-state index in [9.17, 15) is 4.79 Å². The fourth-order valence-electron chi connectivity index (χ4n) is 3.68. The molecule has 1 saturated heterocycles. The number of aromatic nitrogens is 2. The molecule has 4 rings (SSSR count). The Bertz CT molecular complexity index is 621. The number of fused-ring (bicyclic) bond motifs is 2. The molecule has 1 N–H and O–H groups in total. The normalized spacial score (nSPS) is 26.0. The topological polar surface area (TPSA) is 49.0 Å². The van der Waals surface area contributed by atoms with Crippen molar-refractivity contribution in [2.75, 3.05) is 13.1 Å². The van der Waals surface area contributed by atoms with Gasteiger partial charge in [0.25, 0.3) is 5.91 Å². The Balaban J connectivity index is 1.64. The summed E-state index contributed by atoms with van der Waals surface area (Å²) in [6, 6.07) is 7.82. The molecule has 0 radical (unpaired) electrons. The summed E-state index contributed by atoms with van der Waals surface area (Å²) in [5.74, 6) is 1.55. The Morgan fingerprint density at radius 1 is 1.21 bits per heavy atom. The van der Waals surface area contributed by atoms with Crippen molar-refractivity contribution in [2.24, 2.45) is 11.8 Å². The van der Waals surface area contributed by atoms with E-state index in [-0.39, 0.29) is 5.91 Å². The minimum absolute atomic E-state index is 0.0897. The van der Waals surface area contributed by atoms with Gasteiger partial charge in [-0.15, -0.1) is 0 Å². The highest BCUT2D eigenvalue weighted by molar-refractivity contribution is 6.04. The van der Waals surface area contributed by atoms with Crippen LogP contribution in [0.15, 0.2) is 24.3 Å². The van der Waals surface area contributed by atoms with Crippen LogP contribution in [0.3, 0.4) is 0 Å². The lowest BCUT2D eigenvalue weighted by molar-refractivity contribution is 0.0776. The van der Waals surface area contributed by atoms with Crippen LogP contribution in [0.1, 0.15) is 29.8 Å². The predicted octanol–water partition coefficient (Wildman–Crippen LogP) is 2.44. The third-order valence-electron chi connectivity index (χ3n) is 4.69. The fourth-order valence-corrected chi connectivity index (χ4v) is 3.68. The zero-order valence-electron chi connectivity index (χ0n) is 10.8. The number of carbonyl (C=O) groups is 1. The summed E-state index contributed by atoms with van der Waals surface area (Å²) in [7, 11) is 0. The number of H-pyrrole nitrogens is 1. The molecule has 1 saturated carbocycles. The van der Waals surface area contributed by atoms with E-state index >= 15 is 0 Å². The van der Waals surface area contributed by atoms with Crippen molar-refractivity contribution in [2.45, 2.75) is 19.3 Å². The van der Waals surface area contributed by atoms with Crippen LogP contribution in [0.5, 0.6) is 0 Å². The Hall–Kier alpha value is -1.84. The van der Waals surface area contributed by atoms with Gasteiger partial charge in [0.1, 0.15) is 0 Å². The van der Waals surface area contributed by atoms with Gasteiger partial charge in [0.05, 0.1) is 5.52 Å². The number of hydrogen-bond acceptors (Lipinski definition) is 2. The SMILES string of the molecule is O=C(c1n[nH]c2ccccc12)N1CC2CCCC2C1. The number of benzene rings is 1. The number of rotatable bonds is 1. The fraction of sp³-hybridized carbons (Fsp3) is 0.467. The van der Waals surface area contributed by atoms with E-state index in [2.05, 4.69) is 10.2 Å². The first-order chi connectivity index (χ1) is 9.33. The highest BCUT2D eigenvalue weighted by Gasteiger charge is 2.38. The van der Waals surface area contributed by atoms with Crippen LogP contribution in [0, 0.1) is 11.8 Å². The predicted molar refractivity (Wildman–Crippen MR) is 72.8 cm³/mol. The summed E-state index contributed by atoms with van der Waals surface area (Å²) >= 11 is 0. The van der Waals surface area contributed by atoms with Gasteiger partial charge in [-0.05, 0) is 30.7 Å². The molecule has 2 atom stereocenters. The second-order valence-corrected chi connectivity index (χ2v) is 5.78. The van der Waals surface area contributed by atoms with Crippen molar-refractivity contribution in [3.63, 3.8) is 0 Å². The number of amides is 1. The number of hydrogen-bond donors (Lipinski definition) is 1. The van der Waals surface area contributed by atoms with Crippen LogP contribution in [0.25, 0.3) is 10.9 Å². The molecule has 4 heteroatoms. The van der Waals surface area contributed by atoms with Crippen LogP contribution >= 0.6 is 0 Å². The maximum Gasteiger partial charge on any atom is 0.275 e. The highest BCUT2D eigenvalue weighted by Crippen LogP contribution is 2.38. The molecule has 1 aliphatic carbocycles. The third-order valence-corrected chi connectivity index (χ3v) is 4.69. The molecule has 1 aromatic heterocycles. The third kappa shape index (κ3) is 1.66. The van der Waals surface area contributed by atoms with Crippen molar-refractivity contribution in [3.05, 3.63) is 30.0 Å². The van der Waals surface area contributed by atoms with E-state index in [1.54, 1.807) is 0 Å². The lowest BCUT2D eigenvalue weighted by atomic mass is 10.0. The summed E-state index contributed by atoms with van der Waals surface area (Å²) in [5.41, 5.74) is 1.51. The van der Waals surface area contributed by atoms with Crippen molar-refractivity contribution in [1.29, 1.82) is 0 Å². The Morgan fingerprint density at radius 3 is 2.74 bits per heavy atom. The quantitative estimate of drug-likeness (QED) is 0.850. The highest BCUT2D eigenvalue weighted by atomic mass is 16.2. The minimum Gasteiger partial charge on any atom is -0.337 e. The number of likely N-dealkylation sites (tertiary alicyclic amines) is 1. The average molecular weight is 255 g/mol. The Kier molecular flexibility index (Phi) is 2.37. The van der Waals surface area contributed by atoms with Gasteiger partial charge in [-0.3, -0.25) is 9.89 Å². The first-order valence-corrected chi connectivity index (χ1v) is 7.05. The first kappa shape index (κ1) is 11.0. The molecule has 4 nitrogen and oxygen atoms in total. The van der Waals surface area contributed by atoms with E-state index in [0.29, 0.717) is 5.69 Å². The molecular weight excluding hydrogens is 238 g/mol. The minimum atomic E-state index is 0.0897. The molecule has 0 bridgehead atoms. The van der Waals surface area contributed by atoms with E-state index in [4.69, 9.17) is 0 Å². The molecule has 0 spiro atoms. The molecule has 2 aromatic rings. The van der Waals surface area contributed by atoms with Gasteiger partial charge in [-0.25, -0.2) is 0 Å². The maximum absolute atomic E-state index is 12.6. The van der Waals surface area contributed by atoms with Crippen LogP contribution in [-0.4, -0.2) is 34.1 Å². The molecule has 19 heavy (non-hydrogen) atoms. The van der Waals surface area contributed by atoms with Gasteiger partial charge in [-0.2, -0.15) is 5.10 Å². The monoisotopic (exact) mass is 255 g/mol. The average Bonchev–Trinajstić information content (AvgIpc) is 3.11. The molecule has 2 aliphatic rings. The largest absolute Gasteiger partial charge is 0.337 e. The number of para-hydroxylation sites is 1. The Labute approximate surface area is 111 Å². The molecular formula is C15H17N3O. The van der Waals surface area contributed by atoms with Gasteiger partial charge in [0.15, 0.2) is 5.69 Å². The second kappa shape index (κ2) is 4.08. The summed E-state index contributed by atoms with van der Waals surface area (Å²) in [6.07, 6.45) is 3.91. The van der Waals surface area contributed by atoms with Gasteiger partial charge in [0, 0.05) is 18.5 Å². The smallest absolute Gasteiger partial charge is 0.275 e. The molecule has 1 amide bonds. The van der Waals surface area contributed by atoms with E-state index in [1.807, 2.05) is 29.2 Å². The standard InChI is InChI=1S/C15H17N3O/c19-15(18-8-10-4-3-5-11(10)9-18)14-12-6-1-2-7-13(12)16-17-14/h1-2,6-7,10-11H,3-5,8-9H2,(H,16,17). The van der Waals surface area contributed by atoms with Crippen molar-refractivity contribution < 1.29 is 4.79 Å². The number of nitrogens with zero attached hydrogens (tertiary/aromatic N) is 2. The van der Waals surface area contributed by atoms with Gasteiger partial charge in [-0.1, -0.05) is 24.6 Å². The van der Waals surface area contributed by atoms with Crippen LogP contribution in [-0.2, 0) is 0 Å². The molecule has 98 valence electrons. The van der Waals surface area contributed by atoms with Crippen LogP contribution in [0.2, 0.25) is 0 Å². The van der Waals surface area contributed by atoms with Gasteiger partial charge >= 0.3 is 0 Å². The second-order valence-electron chi connectivity index (χ2n) is 5.78. The number of carbonyl (C=O) groups excluding carboxylic acids is 1. The molecule has 2 unspecified atom stereocenters. The van der Waals surface area contributed by atoms with Crippen molar-refractivity contribution in [3.8, 4) is 0 Å². The zero-order valence-corrected chi connectivity index (χ0v) is 10.8. The summed E-state index contributed by atoms with van der Waals surface area (Å²) < 4.78 is 0. The molecule has 2 heterocycles. The van der Waals surface area contributed by atoms with E-state index in [1.165, 1.54) is 19.3 Å². The molecule has 1 aromatic carbocycles. The molecule has 2 fully saturated rings. The van der Waals surface area contributed by atoms with Gasteiger partial charge < -0.3 is 4.90 Å². The zero-order chi connectivity index (χ0) is 12.8. The molecule has 1 aliphatic heterocycles. The van der Waals surface area contributed by atoms with Crippen LogP contribution < -0.4 is 0 Å². The van der Waals surface area contributed by atoms with Crippen LogP contribution in [0.4, 0.5) is 0 Å². The van der Waals surface area contributed by atoms with E-state index < -0.39 is 0 Å². The summed E-state index contributed by atoms with van der Waals surface area (Å²) in [4.78, 5) is 14.6. The summed E-state index contributed by atoms with van der Waals surface area (Å²) in [5, 5.41) is 8.10. The lowest BCUT2D eigenvalue weighted by Crippen LogP contribution is -2.29. The van der Waals surface area contributed by atoms with E-state index in [0.717, 1.165) is 35.8 Å². The number of nitrogens with one attached hydrogen (secondary N) is 1. The number of aromatic amines is 1. The van der Waals surface area contributed by atoms with Crippen molar-refractivity contribution in [1.82, 2.24) is 15.1 Å². The maximum atomic E-state index is 12.6. The van der Waals surface area contributed by atoms with Crippen molar-refractivity contribution >= 4 is 16.8 Å².